The Balaban J connectivity index is 1.08. The fourth-order valence-corrected chi connectivity index (χ4v) is 8.23. The number of hydrogen-bond donors (Lipinski definition) is 2. The van der Waals surface area contributed by atoms with E-state index in [1.165, 1.54) is 14.2 Å². The molecule has 7 aromatic rings. The van der Waals surface area contributed by atoms with Gasteiger partial charge in [0.05, 0.1) is 19.1 Å². The van der Waals surface area contributed by atoms with Crippen LogP contribution in [0.4, 0.5) is 4.79 Å². The first kappa shape index (κ1) is 41.1. The quantitative estimate of drug-likeness (QED) is 0.0740. The average molecular weight is 827 g/mol. The van der Waals surface area contributed by atoms with E-state index in [1.54, 1.807) is 24.5 Å². The summed E-state index contributed by atoms with van der Waals surface area (Å²) in [5.74, 6) is -0.357. The number of imidazole rings is 1. The molecule has 0 bridgehead atoms. The highest BCUT2D eigenvalue weighted by Gasteiger charge is 2.39. The Morgan fingerprint density at radius 1 is 0.726 bits per heavy atom. The van der Waals surface area contributed by atoms with Crippen molar-refractivity contribution in [2.45, 2.75) is 30.5 Å². The number of methoxy groups -OCH3 is 1. The molecule has 0 saturated heterocycles. The molecular formula is C51H46N4O7. The van der Waals surface area contributed by atoms with Crippen LogP contribution in [0, 0.1) is 0 Å². The summed E-state index contributed by atoms with van der Waals surface area (Å²) in [5, 5.41) is 5.33. The molecule has 0 spiro atoms. The third-order valence-electron chi connectivity index (χ3n) is 11.2. The average Bonchev–Trinajstić information content (AvgIpc) is 3.93. The van der Waals surface area contributed by atoms with Crippen LogP contribution < -0.4 is 20.1 Å². The number of esters is 1. The zero-order valence-electron chi connectivity index (χ0n) is 34.4. The Hall–Kier alpha value is -7.66. The van der Waals surface area contributed by atoms with Crippen LogP contribution in [0.2, 0.25) is 0 Å². The molecule has 0 fully saturated rings. The molecule has 1 aromatic heterocycles. The number of hydrogen-bond acceptors (Lipinski definition) is 8. The van der Waals surface area contributed by atoms with Gasteiger partial charge in [-0.05, 0) is 51.1 Å². The SMILES string of the molecule is CNC(=O)COc1ccc(COC(=O)[C@@H](Cc2cn(C(c3ccccc3)(c3ccccc3)c3ccccc3)cn2)NC(=O)OCC2c3ccccc3-c3ccccc32)c(OC)c1. The van der Waals surface area contributed by atoms with Gasteiger partial charge in [-0.2, -0.15) is 0 Å². The van der Waals surface area contributed by atoms with Gasteiger partial charge in [0.15, 0.2) is 6.61 Å². The summed E-state index contributed by atoms with van der Waals surface area (Å²) in [6.07, 6.45) is 2.90. The van der Waals surface area contributed by atoms with E-state index < -0.39 is 23.6 Å². The first-order valence-electron chi connectivity index (χ1n) is 20.4. The minimum atomic E-state index is -1.19. The maximum Gasteiger partial charge on any atom is 0.407 e. The van der Waals surface area contributed by atoms with Gasteiger partial charge in [0, 0.05) is 37.2 Å². The van der Waals surface area contributed by atoms with Crippen molar-refractivity contribution in [2.24, 2.45) is 0 Å². The highest BCUT2D eigenvalue weighted by Crippen LogP contribution is 2.45. The predicted octanol–water partition coefficient (Wildman–Crippen LogP) is 8.05. The summed E-state index contributed by atoms with van der Waals surface area (Å²) in [6.45, 7) is -0.278. The van der Waals surface area contributed by atoms with Gasteiger partial charge in [-0.3, -0.25) is 4.79 Å². The summed E-state index contributed by atoms with van der Waals surface area (Å²) >= 11 is 0. The number of ether oxygens (including phenoxy) is 4. The second kappa shape index (κ2) is 18.7. The number of aromatic nitrogens is 2. The molecule has 0 aliphatic heterocycles. The fraction of sp³-hybridized carbons (Fsp3) is 0.176. The van der Waals surface area contributed by atoms with Crippen molar-refractivity contribution in [1.82, 2.24) is 20.2 Å². The molecule has 2 amide bonds. The predicted molar refractivity (Wildman–Crippen MR) is 235 cm³/mol. The molecule has 62 heavy (non-hydrogen) atoms. The maximum atomic E-state index is 14.2. The molecule has 8 rings (SSSR count). The van der Waals surface area contributed by atoms with Crippen molar-refractivity contribution in [3.05, 3.63) is 209 Å². The van der Waals surface area contributed by atoms with Crippen LogP contribution >= 0.6 is 0 Å². The summed E-state index contributed by atoms with van der Waals surface area (Å²) < 4.78 is 25.0. The van der Waals surface area contributed by atoms with E-state index in [-0.39, 0.29) is 38.1 Å². The molecule has 0 radical (unpaired) electrons. The summed E-state index contributed by atoms with van der Waals surface area (Å²) in [6, 6.07) is 50.5. The highest BCUT2D eigenvalue weighted by atomic mass is 16.6. The van der Waals surface area contributed by atoms with Crippen molar-refractivity contribution in [2.75, 3.05) is 27.4 Å². The number of alkyl carbamates (subject to hydrolysis) is 1. The number of carbonyl (C=O) groups excluding carboxylic acids is 3. The first-order valence-corrected chi connectivity index (χ1v) is 20.4. The Bertz CT molecular complexity index is 2510. The zero-order valence-corrected chi connectivity index (χ0v) is 34.4. The van der Waals surface area contributed by atoms with Crippen LogP contribution in [0.3, 0.4) is 0 Å². The standard InChI is InChI=1S/C51H46N4O7/c1-52-48(56)33-60-40-27-26-35(47(29-40)59-2)31-61-49(57)46(54-50(58)62-32-45-43-24-14-12-22-41(43)42-23-13-15-25-44(42)45)28-39-30-55(34-53-39)51(36-16-6-3-7-17-36,37-18-8-4-9-19-37)38-20-10-5-11-21-38/h3-27,29-30,34,45-46H,28,31-33H2,1-2H3,(H,52,56)(H,54,58)/t46-/m1/s1. The third kappa shape index (κ3) is 8.51. The van der Waals surface area contributed by atoms with Crippen LogP contribution in [-0.2, 0) is 37.6 Å². The number of amides is 2. The van der Waals surface area contributed by atoms with E-state index in [9.17, 15) is 14.4 Å². The van der Waals surface area contributed by atoms with Crippen molar-refractivity contribution >= 4 is 18.0 Å². The number of fused-ring (bicyclic) bond motifs is 3. The van der Waals surface area contributed by atoms with Gasteiger partial charge in [0.25, 0.3) is 5.91 Å². The third-order valence-corrected chi connectivity index (χ3v) is 11.2. The Morgan fingerprint density at radius 3 is 1.85 bits per heavy atom. The zero-order chi connectivity index (χ0) is 42.9. The lowest BCUT2D eigenvalue weighted by Crippen LogP contribution is -2.44. The molecule has 6 aromatic carbocycles. The Morgan fingerprint density at radius 2 is 1.29 bits per heavy atom. The molecule has 1 aliphatic carbocycles. The van der Waals surface area contributed by atoms with Crippen LogP contribution in [0.5, 0.6) is 11.5 Å². The molecular weight excluding hydrogens is 781 g/mol. The number of nitrogens with one attached hydrogen (secondary N) is 2. The first-order chi connectivity index (χ1) is 30.4. The highest BCUT2D eigenvalue weighted by molar-refractivity contribution is 5.82. The molecule has 2 N–H and O–H groups in total. The number of benzene rings is 6. The Kier molecular flexibility index (Phi) is 12.4. The minimum Gasteiger partial charge on any atom is -0.496 e. The second-order valence-corrected chi connectivity index (χ2v) is 14.9. The van der Waals surface area contributed by atoms with Gasteiger partial charge in [-0.25, -0.2) is 14.6 Å². The molecule has 1 aliphatic rings. The van der Waals surface area contributed by atoms with Crippen molar-refractivity contribution in [3.8, 4) is 22.6 Å². The van der Waals surface area contributed by atoms with E-state index >= 15 is 0 Å². The van der Waals surface area contributed by atoms with Gasteiger partial charge in [0.2, 0.25) is 0 Å². The largest absolute Gasteiger partial charge is 0.496 e. The number of likely N-dealkylation sites (N-methyl/N-ethyl adjacent to an activating group) is 1. The Labute approximate surface area is 360 Å². The van der Waals surface area contributed by atoms with Crippen LogP contribution in [-0.4, -0.2) is 60.9 Å². The molecule has 1 atom stereocenters. The van der Waals surface area contributed by atoms with Crippen molar-refractivity contribution in [1.29, 1.82) is 0 Å². The summed E-state index contributed by atoms with van der Waals surface area (Å²) in [5.41, 5.74) is 7.62. The number of carbonyl (C=O) groups is 3. The number of nitrogens with zero attached hydrogens (tertiary/aromatic N) is 2. The van der Waals surface area contributed by atoms with Crippen LogP contribution in [0.1, 0.15) is 45.0 Å². The lowest BCUT2D eigenvalue weighted by molar-refractivity contribution is -0.147. The van der Waals surface area contributed by atoms with E-state index in [1.807, 2.05) is 97.2 Å². The summed E-state index contributed by atoms with van der Waals surface area (Å²) in [7, 11) is 3.01. The normalized spacial score (nSPS) is 12.4. The second-order valence-electron chi connectivity index (χ2n) is 14.9. The smallest absolute Gasteiger partial charge is 0.407 e. The van der Waals surface area contributed by atoms with Crippen molar-refractivity contribution < 1.29 is 33.3 Å². The van der Waals surface area contributed by atoms with E-state index in [4.69, 9.17) is 23.9 Å². The lowest BCUT2D eigenvalue weighted by Gasteiger charge is -2.37. The molecule has 0 saturated carbocycles. The number of rotatable bonds is 16. The molecule has 1 heterocycles. The fourth-order valence-electron chi connectivity index (χ4n) is 8.23. The van der Waals surface area contributed by atoms with Gasteiger partial charge in [-0.15, -0.1) is 0 Å². The van der Waals surface area contributed by atoms with Crippen LogP contribution in [0.25, 0.3) is 11.1 Å². The lowest BCUT2D eigenvalue weighted by atomic mass is 9.77. The van der Waals surface area contributed by atoms with Gasteiger partial charge >= 0.3 is 12.1 Å². The van der Waals surface area contributed by atoms with Gasteiger partial charge in [-0.1, -0.05) is 140 Å². The molecule has 11 heteroatoms. The molecule has 312 valence electrons. The topological polar surface area (TPSA) is 130 Å². The monoisotopic (exact) mass is 826 g/mol. The van der Waals surface area contributed by atoms with E-state index in [2.05, 4.69) is 63.7 Å². The maximum absolute atomic E-state index is 14.2. The van der Waals surface area contributed by atoms with Crippen LogP contribution in [0.15, 0.2) is 170 Å². The van der Waals surface area contributed by atoms with Gasteiger partial charge in [0.1, 0.15) is 36.3 Å². The minimum absolute atomic E-state index is 0.00607. The van der Waals surface area contributed by atoms with Gasteiger partial charge < -0.3 is 34.1 Å². The summed E-state index contributed by atoms with van der Waals surface area (Å²) in [4.78, 5) is 44.5. The van der Waals surface area contributed by atoms with Crippen molar-refractivity contribution in [3.63, 3.8) is 0 Å². The van der Waals surface area contributed by atoms with E-state index in [0.717, 1.165) is 38.9 Å². The molecule has 11 nitrogen and oxygen atoms in total. The van der Waals surface area contributed by atoms with E-state index in [0.29, 0.717) is 22.8 Å². The molecule has 0 unspecified atom stereocenters.